The van der Waals surface area contributed by atoms with Crippen LogP contribution in [-0.2, 0) is 4.74 Å². The summed E-state index contributed by atoms with van der Waals surface area (Å²) in [6, 6.07) is 8.78. The Balaban J connectivity index is 0.000000686. The zero-order valence-electron chi connectivity index (χ0n) is 11.6. The van der Waals surface area contributed by atoms with Gasteiger partial charge in [0.25, 0.3) is 0 Å². The van der Waals surface area contributed by atoms with Crippen LogP contribution in [-0.4, -0.2) is 26.3 Å². The molecule has 0 atom stereocenters. The molecule has 1 aliphatic heterocycles. The minimum Gasteiger partial charge on any atom is -0.381 e. The molecule has 0 saturated carbocycles. The van der Waals surface area contributed by atoms with Crippen LogP contribution < -0.4 is 4.90 Å². The van der Waals surface area contributed by atoms with Crippen LogP contribution in [0.1, 0.15) is 32.3 Å². The predicted molar refractivity (Wildman–Crippen MR) is 74.8 cm³/mol. The van der Waals surface area contributed by atoms with Crippen molar-refractivity contribution in [1.29, 1.82) is 0 Å². The highest BCUT2D eigenvalue weighted by atomic mass is 16.5. The summed E-state index contributed by atoms with van der Waals surface area (Å²) in [5, 5.41) is 0. The molecule has 1 aliphatic rings. The average Bonchev–Trinajstić information content (AvgIpc) is 2.42. The van der Waals surface area contributed by atoms with Crippen molar-refractivity contribution in [3.8, 4) is 0 Å². The van der Waals surface area contributed by atoms with Crippen LogP contribution in [0.2, 0.25) is 0 Å². The van der Waals surface area contributed by atoms with Gasteiger partial charge < -0.3 is 9.64 Å². The van der Waals surface area contributed by atoms with Gasteiger partial charge in [-0.2, -0.15) is 0 Å². The Morgan fingerprint density at radius 1 is 1.06 bits per heavy atom. The molecule has 1 heterocycles. The van der Waals surface area contributed by atoms with E-state index in [-0.39, 0.29) is 0 Å². The minimum absolute atomic E-state index is 0.465. The van der Waals surface area contributed by atoms with Gasteiger partial charge in [-0.05, 0) is 31.9 Å². The first-order chi connectivity index (χ1) is 8.29. The second-order valence-electron chi connectivity index (χ2n) is 4.26. The monoisotopic (exact) mass is 235 g/mol. The van der Waals surface area contributed by atoms with Crippen molar-refractivity contribution in [2.24, 2.45) is 0 Å². The average molecular weight is 235 g/mol. The lowest BCUT2D eigenvalue weighted by atomic mass is 10.1. The Hall–Kier alpha value is -1.02. The number of anilines is 1. The van der Waals surface area contributed by atoms with Gasteiger partial charge in [0, 0.05) is 25.9 Å². The zero-order chi connectivity index (χ0) is 12.7. The van der Waals surface area contributed by atoms with Gasteiger partial charge in [-0.15, -0.1) is 0 Å². The van der Waals surface area contributed by atoms with E-state index in [1.54, 1.807) is 0 Å². The maximum atomic E-state index is 5.37. The molecule has 2 nitrogen and oxygen atoms in total. The van der Waals surface area contributed by atoms with Gasteiger partial charge in [0.15, 0.2) is 0 Å². The molecule has 1 fully saturated rings. The Morgan fingerprint density at radius 3 is 2.06 bits per heavy atom. The van der Waals surface area contributed by atoms with E-state index in [2.05, 4.69) is 36.1 Å². The van der Waals surface area contributed by atoms with E-state index in [4.69, 9.17) is 4.74 Å². The first-order valence-corrected chi connectivity index (χ1v) is 6.64. The van der Waals surface area contributed by atoms with E-state index in [0.717, 1.165) is 25.9 Å². The number of rotatable bonds is 2. The lowest BCUT2D eigenvalue weighted by Crippen LogP contribution is -2.36. The van der Waals surface area contributed by atoms with E-state index in [1.807, 2.05) is 21.0 Å². The summed E-state index contributed by atoms with van der Waals surface area (Å²) >= 11 is 0. The molecule has 0 aliphatic carbocycles. The maximum Gasteiger partial charge on any atom is 0.0605 e. The van der Waals surface area contributed by atoms with Gasteiger partial charge in [0.2, 0.25) is 0 Å². The Labute approximate surface area is 106 Å². The Morgan fingerprint density at radius 2 is 1.59 bits per heavy atom. The van der Waals surface area contributed by atoms with Gasteiger partial charge in [0.05, 0.1) is 6.10 Å². The minimum atomic E-state index is 0.465. The van der Waals surface area contributed by atoms with Gasteiger partial charge in [0.1, 0.15) is 0 Å². The highest BCUT2D eigenvalue weighted by Crippen LogP contribution is 2.21. The van der Waals surface area contributed by atoms with Gasteiger partial charge >= 0.3 is 0 Å². The van der Waals surface area contributed by atoms with Crippen LogP contribution in [0.25, 0.3) is 0 Å². The summed E-state index contributed by atoms with van der Waals surface area (Å²) in [5.41, 5.74) is 2.67. The smallest absolute Gasteiger partial charge is 0.0605 e. The van der Waals surface area contributed by atoms with Gasteiger partial charge in [-0.3, -0.25) is 0 Å². The standard InChI is InChI=1S/C13H19NO.C2H6/c1-11-3-5-12(6-4-11)14-9-7-13(15-2)8-10-14;1-2/h3-6,13H,7-10H2,1-2H3;1-2H3. The van der Waals surface area contributed by atoms with Crippen molar-refractivity contribution in [3.05, 3.63) is 29.8 Å². The summed E-state index contributed by atoms with van der Waals surface area (Å²) in [5.74, 6) is 0. The third-order valence-corrected chi connectivity index (χ3v) is 3.17. The van der Waals surface area contributed by atoms with Crippen LogP contribution in [0, 0.1) is 6.92 Å². The molecule has 1 aromatic carbocycles. The maximum absolute atomic E-state index is 5.37. The molecule has 0 radical (unpaired) electrons. The van der Waals surface area contributed by atoms with E-state index in [9.17, 15) is 0 Å². The topological polar surface area (TPSA) is 12.5 Å². The zero-order valence-corrected chi connectivity index (χ0v) is 11.6. The molecule has 0 amide bonds. The Kier molecular flexibility index (Phi) is 6.06. The number of piperidine rings is 1. The summed E-state index contributed by atoms with van der Waals surface area (Å²) in [7, 11) is 1.81. The second kappa shape index (κ2) is 7.33. The number of hydrogen-bond donors (Lipinski definition) is 0. The van der Waals surface area contributed by atoms with E-state index in [1.165, 1.54) is 11.3 Å². The molecule has 0 N–H and O–H groups in total. The predicted octanol–water partition coefficient (Wildman–Crippen LogP) is 3.64. The fraction of sp³-hybridized carbons (Fsp3) is 0.600. The number of methoxy groups -OCH3 is 1. The molecule has 2 heteroatoms. The first-order valence-electron chi connectivity index (χ1n) is 6.64. The largest absolute Gasteiger partial charge is 0.381 e. The lowest BCUT2D eigenvalue weighted by molar-refractivity contribution is 0.0819. The normalized spacial score (nSPS) is 16.4. The molecule has 1 saturated heterocycles. The summed E-state index contributed by atoms with van der Waals surface area (Å²) < 4.78 is 5.37. The number of nitrogens with zero attached hydrogens (tertiary/aromatic N) is 1. The van der Waals surface area contributed by atoms with Crippen molar-refractivity contribution < 1.29 is 4.74 Å². The molecule has 1 aromatic rings. The summed E-state index contributed by atoms with van der Waals surface area (Å²) in [6.45, 7) is 8.35. The van der Waals surface area contributed by atoms with Crippen molar-refractivity contribution in [3.63, 3.8) is 0 Å². The van der Waals surface area contributed by atoms with Gasteiger partial charge in [-0.25, -0.2) is 0 Å². The molecule has 0 bridgehead atoms. The third-order valence-electron chi connectivity index (χ3n) is 3.17. The van der Waals surface area contributed by atoms with Crippen LogP contribution in [0.15, 0.2) is 24.3 Å². The van der Waals surface area contributed by atoms with E-state index < -0.39 is 0 Å². The van der Waals surface area contributed by atoms with E-state index in [0.29, 0.717) is 6.10 Å². The SMILES string of the molecule is CC.COC1CCN(c2ccc(C)cc2)CC1. The van der Waals surface area contributed by atoms with Crippen LogP contribution in [0.4, 0.5) is 5.69 Å². The van der Waals surface area contributed by atoms with Gasteiger partial charge in [-0.1, -0.05) is 31.5 Å². The number of hydrogen-bond acceptors (Lipinski definition) is 2. The quantitative estimate of drug-likeness (QED) is 0.776. The molecule has 96 valence electrons. The van der Waals surface area contributed by atoms with Crippen LogP contribution in [0.3, 0.4) is 0 Å². The third kappa shape index (κ3) is 4.04. The number of benzene rings is 1. The first kappa shape index (κ1) is 14.0. The van der Waals surface area contributed by atoms with Crippen molar-refractivity contribution in [2.45, 2.75) is 39.7 Å². The molecule has 0 unspecified atom stereocenters. The number of aryl methyl sites for hydroxylation is 1. The molecule has 0 aromatic heterocycles. The van der Waals surface area contributed by atoms with Crippen molar-refractivity contribution in [1.82, 2.24) is 0 Å². The van der Waals surface area contributed by atoms with Crippen LogP contribution in [0.5, 0.6) is 0 Å². The highest BCUT2D eigenvalue weighted by molar-refractivity contribution is 5.47. The molecule has 0 spiro atoms. The van der Waals surface area contributed by atoms with Crippen molar-refractivity contribution >= 4 is 5.69 Å². The molecule has 2 rings (SSSR count). The molecule has 17 heavy (non-hydrogen) atoms. The summed E-state index contributed by atoms with van der Waals surface area (Å²) in [6.07, 6.45) is 2.75. The molecular formula is C15H25NO. The highest BCUT2D eigenvalue weighted by Gasteiger charge is 2.18. The fourth-order valence-electron chi connectivity index (χ4n) is 2.11. The molecular weight excluding hydrogens is 210 g/mol. The summed E-state index contributed by atoms with van der Waals surface area (Å²) in [4.78, 5) is 2.44. The van der Waals surface area contributed by atoms with Crippen molar-refractivity contribution in [2.75, 3.05) is 25.1 Å². The second-order valence-corrected chi connectivity index (χ2v) is 4.26. The van der Waals surface area contributed by atoms with Crippen LogP contribution >= 0.6 is 0 Å². The number of ether oxygens (including phenoxy) is 1. The van der Waals surface area contributed by atoms with E-state index >= 15 is 0 Å². The fourth-order valence-corrected chi connectivity index (χ4v) is 2.11. The Bertz CT molecular complexity index is 299. The lowest BCUT2D eigenvalue weighted by Gasteiger charge is -2.32.